The smallest absolute Gasteiger partial charge is 0.310 e. The molecule has 16 heavy (non-hydrogen) atoms. The number of ether oxygens (including phenoxy) is 1. The molecule has 1 aromatic rings. The van der Waals surface area contributed by atoms with Crippen LogP contribution < -0.4 is 5.73 Å². The maximum absolute atomic E-state index is 13.4. The van der Waals surface area contributed by atoms with Gasteiger partial charge in [0, 0.05) is 12.1 Å². The Balaban J connectivity index is 3.14. The molecule has 0 heterocycles. The largest absolute Gasteiger partial charge is 0.469 e. The first-order chi connectivity index (χ1) is 7.62. The Bertz CT molecular complexity index is 452. The lowest BCUT2D eigenvalue weighted by atomic mass is 10.0. The van der Waals surface area contributed by atoms with E-state index in [2.05, 4.69) is 4.74 Å². The summed E-state index contributed by atoms with van der Waals surface area (Å²) in [6, 6.07) is 4.40. The maximum atomic E-state index is 13.4. The number of rotatable bonds is 3. The van der Waals surface area contributed by atoms with E-state index in [1.165, 1.54) is 13.2 Å². The highest BCUT2D eigenvalue weighted by Gasteiger charge is 2.12. The molecule has 5 heteroatoms. The normalized spacial score (nSPS) is 9.62. The van der Waals surface area contributed by atoms with Crippen LogP contribution in [0.5, 0.6) is 0 Å². The van der Waals surface area contributed by atoms with Crippen molar-refractivity contribution in [3.05, 3.63) is 34.6 Å². The Morgan fingerprint density at radius 3 is 2.75 bits per heavy atom. The van der Waals surface area contributed by atoms with Gasteiger partial charge in [-0.1, -0.05) is 0 Å². The Kier molecular flexibility index (Phi) is 3.97. The number of methoxy groups -OCH3 is 1. The molecule has 4 nitrogen and oxygen atoms in total. The van der Waals surface area contributed by atoms with Crippen molar-refractivity contribution in [3.8, 4) is 6.07 Å². The second kappa shape index (κ2) is 5.24. The first-order valence-electron chi connectivity index (χ1n) is 4.60. The summed E-state index contributed by atoms with van der Waals surface area (Å²) in [5.41, 5.74) is 6.12. The van der Waals surface area contributed by atoms with Crippen LogP contribution in [-0.4, -0.2) is 13.1 Å². The number of nitrogens with zero attached hydrogens (tertiary/aromatic N) is 1. The number of benzene rings is 1. The van der Waals surface area contributed by atoms with Crippen molar-refractivity contribution in [2.24, 2.45) is 5.73 Å². The molecule has 2 N–H and O–H groups in total. The second-order valence-corrected chi connectivity index (χ2v) is 3.17. The first kappa shape index (κ1) is 12.1. The first-order valence-corrected chi connectivity index (χ1v) is 4.60. The van der Waals surface area contributed by atoms with Gasteiger partial charge in [0.15, 0.2) is 0 Å². The Hall–Kier alpha value is -1.93. The fourth-order valence-electron chi connectivity index (χ4n) is 1.29. The minimum absolute atomic E-state index is 0.0129. The molecule has 0 radical (unpaired) electrons. The number of hydrogen-bond donors (Lipinski definition) is 1. The lowest BCUT2D eigenvalue weighted by Crippen LogP contribution is -2.08. The van der Waals surface area contributed by atoms with Gasteiger partial charge < -0.3 is 10.5 Å². The summed E-state index contributed by atoms with van der Waals surface area (Å²) < 4.78 is 17.8. The minimum atomic E-state index is -0.517. The van der Waals surface area contributed by atoms with E-state index in [0.29, 0.717) is 5.56 Å². The monoisotopic (exact) mass is 222 g/mol. The number of carbonyl (C=O) groups is 1. The Morgan fingerprint density at radius 1 is 1.56 bits per heavy atom. The van der Waals surface area contributed by atoms with Gasteiger partial charge in [0.1, 0.15) is 5.82 Å². The summed E-state index contributed by atoms with van der Waals surface area (Å²) in [7, 11) is 1.24. The molecule has 0 aliphatic carbocycles. The van der Waals surface area contributed by atoms with E-state index < -0.39 is 11.8 Å². The molecule has 0 bridgehead atoms. The van der Waals surface area contributed by atoms with Crippen LogP contribution in [-0.2, 0) is 22.5 Å². The molecule has 0 saturated heterocycles. The van der Waals surface area contributed by atoms with Gasteiger partial charge in [0.05, 0.1) is 25.2 Å². The number of hydrogen-bond acceptors (Lipinski definition) is 4. The van der Waals surface area contributed by atoms with E-state index in [4.69, 9.17) is 11.0 Å². The van der Waals surface area contributed by atoms with Gasteiger partial charge in [-0.3, -0.25) is 4.79 Å². The van der Waals surface area contributed by atoms with Crippen LogP contribution in [0.1, 0.15) is 16.7 Å². The van der Waals surface area contributed by atoms with Crippen molar-refractivity contribution < 1.29 is 13.9 Å². The van der Waals surface area contributed by atoms with Gasteiger partial charge in [-0.15, -0.1) is 0 Å². The zero-order valence-electron chi connectivity index (χ0n) is 8.79. The zero-order chi connectivity index (χ0) is 12.1. The SMILES string of the molecule is COC(=O)Cc1cc(F)c(CN)cc1C#N. The van der Waals surface area contributed by atoms with Crippen molar-refractivity contribution in [1.29, 1.82) is 5.26 Å². The van der Waals surface area contributed by atoms with Gasteiger partial charge in [-0.25, -0.2) is 4.39 Å². The Morgan fingerprint density at radius 2 is 2.25 bits per heavy atom. The average Bonchev–Trinajstić information content (AvgIpc) is 2.29. The van der Waals surface area contributed by atoms with Gasteiger partial charge in [-0.05, 0) is 17.7 Å². The third-order valence-corrected chi connectivity index (χ3v) is 2.18. The van der Waals surface area contributed by atoms with E-state index in [1.807, 2.05) is 6.07 Å². The molecule has 0 unspecified atom stereocenters. The lowest BCUT2D eigenvalue weighted by Gasteiger charge is -2.06. The van der Waals surface area contributed by atoms with Crippen molar-refractivity contribution in [2.75, 3.05) is 7.11 Å². The highest BCUT2D eigenvalue weighted by Crippen LogP contribution is 2.16. The third kappa shape index (κ3) is 2.55. The van der Waals surface area contributed by atoms with Crippen LogP contribution in [0.4, 0.5) is 4.39 Å². The molecule has 0 saturated carbocycles. The van der Waals surface area contributed by atoms with E-state index in [9.17, 15) is 9.18 Å². The number of nitriles is 1. The van der Waals surface area contributed by atoms with Crippen molar-refractivity contribution in [3.63, 3.8) is 0 Å². The molecular formula is C11H11FN2O2. The standard InChI is InChI=1S/C11H11FN2O2/c1-16-11(15)4-7-3-10(12)9(6-14)2-8(7)5-13/h2-3H,4,6,14H2,1H3. The van der Waals surface area contributed by atoms with E-state index in [0.717, 1.165) is 6.07 Å². The number of carbonyl (C=O) groups excluding carboxylic acids is 1. The summed E-state index contributed by atoms with van der Waals surface area (Å²) in [5.74, 6) is -1.03. The molecule has 1 rings (SSSR count). The second-order valence-electron chi connectivity index (χ2n) is 3.17. The molecule has 84 valence electrons. The number of halogens is 1. The van der Waals surface area contributed by atoms with Crippen LogP contribution in [0.15, 0.2) is 12.1 Å². The van der Waals surface area contributed by atoms with E-state index >= 15 is 0 Å². The highest BCUT2D eigenvalue weighted by molar-refractivity contribution is 5.73. The topological polar surface area (TPSA) is 76.1 Å². The minimum Gasteiger partial charge on any atom is -0.469 e. The van der Waals surface area contributed by atoms with Gasteiger partial charge in [0.2, 0.25) is 0 Å². The molecule has 0 amide bonds. The fraction of sp³-hybridized carbons (Fsp3) is 0.273. The molecule has 0 atom stereocenters. The predicted molar refractivity (Wildman–Crippen MR) is 54.7 cm³/mol. The van der Waals surface area contributed by atoms with Crippen molar-refractivity contribution >= 4 is 5.97 Å². The van der Waals surface area contributed by atoms with Crippen LogP contribution in [0, 0.1) is 17.1 Å². The quantitative estimate of drug-likeness (QED) is 0.770. The zero-order valence-corrected chi connectivity index (χ0v) is 8.79. The third-order valence-electron chi connectivity index (χ3n) is 2.18. The van der Waals surface area contributed by atoms with E-state index in [1.54, 1.807) is 0 Å². The van der Waals surface area contributed by atoms with Gasteiger partial charge >= 0.3 is 5.97 Å². The molecule has 0 aliphatic heterocycles. The molecule has 1 aromatic carbocycles. The van der Waals surface area contributed by atoms with Crippen LogP contribution in [0.3, 0.4) is 0 Å². The average molecular weight is 222 g/mol. The predicted octanol–water partition coefficient (Wildman–Crippen LogP) is 0.872. The molecule has 0 spiro atoms. The summed E-state index contributed by atoms with van der Waals surface area (Å²) in [4.78, 5) is 11.0. The summed E-state index contributed by atoms with van der Waals surface area (Å²) in [6.07, 6.45) is -0.124. The molecule has 0 aromatic heterocycles. The summed E-state index contributed by atoms with van der Waals surface area (Å²) in [5, 5.41) is 8.85. The van der Waals surface area contributed by atoms with Crippen LogP contribution >= 0.6 is 0 Å². The van der Waals surface area contributed by atoms with E-state index in [-0.39, 0.29) is 24.1 Å². The van der Waals surface area contributed by atoms with Crippen LogP contribution in [0.2, 0.25) is 0 Å². The van der Waals surface area contributed by atoms with Crippen molar-refractivity contribution in [1.82, 2.24) is 0 Å². The lowest BCUT2D eigenvalue weighted by molar-refractivity contribution is -0.139. The van der Waals surface area contributed by atoms with Gasteiger partial charge in [0.25, 0.3) is 0 Å². The molecule has 0 fully saturated rings. The fourth-order valence-corrected chi connectivity index (χ4v) is 1.29. The van der Waals surface area contributed by atoms with Crippen LogP contribution in [0.25, 0.3) is 0 Å². The number of nitrogens with two attached hydrogens (primary N) is 1. The van der Waals surface area contributed by atoms with Crippen molar-refractivity contribution in [2.45, 2.75) is 13.0 Å². The maximum Gasteiger partial charge on any atom is 0.310 e. The highest BCUT2D eigenvalue weighted by atomic mass is 19.1. The molecule has 0 aliphatic rings. The Labute approximate surface area is 92.4 Å². The summed E-state index contributed by atoms with van der Waals surface area (Å²) >= 11 is 0. The number of esters is 1. The summed E-state index contributed by atoms with van der Waals surface area (Å²) in [6.45, 7) is 0.0129. The molecular weight excluding hydrogens is 211 g/mol. The van der Waals surface area contributed by atoms with Gasteiger partial charge in [-0.2, -0.15) is 5.26 Å².